The third-order valence-electron chi connectivity index (χ3n) is 1.79. The monoisotopic (exact) mass is 169 g/mol. The lowest BCUT2D eigenvalue weighted by Gasteiger charge is -2.12. The number of nitrogens with one attached hydrogen (secondary N) is 2. The van der Waals surface area contributed by atoms with Crippen LogP contribution in [0.3, 0.4) is 0 Å². The van der Waals surface area contributed by atoms with E-state index in [1.54, 1.807) is 6.08 Å². The number of nitrogens with two attached hydrogens (primary N) is 1. The minimum Gasteiger partial charge on any atom is -0.324 e. The van der Waals surface area contributed by atoms with E-state index >= 15 is 0 Å². The van der Waals surface area contributed by atoms with Gasteiger partial charge in [0.15, 0.2) is 0 Å². The van der Waals surface area contributed by atoms with E-state index in [4.69, 9.17) is 5.73 Å². The molecule has 0 saturated carbocycles. The van der Waals surface area contributed by atoms with E-state index in [1.807, 2.05) is 12.1 Å². The molecule has 1 heterocycles. The van der Waals surface area contributed by atoms with Crippen molar-refractivity contribution in [2.45, 2.75) is 18.9 Å². The third kappa shape index (κ3) is 2.21. The molecule has 1 aliphatic heterocycles. The number of hydrogen-bond donors (Lipinski definition) is 3. The van der Waals surface area contributed by atoms with Crippen LogP contribution in [0.5, 0.6) is 0 Å². The van der Waals surface area contributed by atoms with Crippen molar-refractivity contribution >= 4 is 5.84 Å². The maximum Gasteiger partial charge on any atom is 0.141 e. The number of hydrazone groups is 1. The van der Waals surface area contributed by atoms with Gasteiger partial charge >= 0.3 is 0 Å². The first-order chi connectivity index (χ1) is 5.74. The second kappa shape index (κ2) is 4.08. The molecule has 0 aliphatic carbocycles. The second-order valence-corrected chi connectivity index (χ2v) is 2.75. The van der Waals surface area contributed by atoms with Crippen molar-refractivity contribution in [1.82, 2.24) is 16.1 Å². The molecular weight excluding hydrogens is 154 g/mol. The van der Waals surface area contributed by atoms with Gasteiger partial charge in [0.1, 0.15) is 5.84 Å². The first-order valence-corrected chi connectivity index (χ1v) is 3.93. The summed E-state index contributed by atoms with van der Waals surface area (Å²) in [6.45, 7) is 3.62. The lowest BCUT2D eigenvalue weighted by molar-refractivity contribution is 0.343. The number of nitrogens with zero attached hydrogens (tertiary/aromatic N) is 2. The van der Waals surface area contributed by atoms with Gasteiger partial charge in [0.05, 0.1) is 0 Å². The van der Waals surface area contributed by atoms with Gasteiger partial charge in [-0.15, -0.1) is 17.2 Å². The van der Waals surface area contributed by atoms with E-state index in [2.05, 4.69) is 22.7 Å². The Morgan fingerprint density at radius 1 is 1.83 bits per heavy atom. The molecule has 1 unspecified atom stereocenters. The van der Waals surface area contributed by atoms with Crippen molar-refractivity contribution in [3.05, 3.63) is 12.7 Å². The van der Waals surface area contributed by atoms with Crippen LogP contribution in [0.25, 0.3) is 0 Å². The Bertz CT molecular complexity index is 188. The van der Waals surface area contributed by atoms with Gasteiger partial charge in [-0.25, -0.2) is 5.53 Å². The fraction of sp³-hybridized carbons (Fsp3) is 0.571. The minimum absolute atomic E-state index is 0.0571. The minimum atomic E-state index is 0.0571. The van der Waals surface area contributed by atoms with Crippen molar-refractivity contribution in [3.63, 3.8) is 0 Å². The number of rotatable bonds is 4. The molecule has 1 aliphatic rings. The normalized spacial score (nSPS) is 18.5. The Balaban J connectivity index is 2.27. The number of amidine groups is 1. The Morgan fingerprint density at radius 3 is 3.08 bits per heavy atom. The smallest absolute Gasteiger partial charge is 0.141 e. The Labute approximate surface area is 72.2 Å². The molecular formula is C7H15N5. The summed E-state index contributed by atoms with van der Waals surface area (Å²) in [5.41, 5.74) is 11.1. The first-order valence-electron chi connectivity index (χ1n) is 3.93. The summed E-state index contributed by atoms with van der Waals surface area (Å²) in [6, 6.07) is 0.0571. The van der Waals surface area contributed by atoms with Crippen LogP contribution >= 0.6 is 0 Å². The van der Waals surface area contributed by atoms with Crippen LogP contribution in [0, 0.1) is 0 Å². The Hall–Kier alpha value is -1.07. The molecule has 0 amide bonds. The van der Waals surface area contributed by atoms with Crippen LogP contribution < -0.4 is 16.8 Å². The molecule has 0 saturated heterocycles. The van der Waals surface area contributed by atoms with Crippen molar-refractivity contribution in [3.8, 4) is 0 Å². The van der Waals surface area contributed by atoms with Gasteiger partial charge in [-0.3, -0.25) is 5.01 Å². The summed E-state index contributed by atoms with van der Waals surface area (Å²) in [6.07, 6.45) is 3.47. The zero-order valence-electron chi connectivity index (χ0n) is 7.25. The zero-order valence-corrected chi connectivity index (χ0v) is 7.25. The predicted molar refractivity (Wildman–Crippen MR) is 48.9 cm³/mol. The molecule has 0 spiro atoms. The van der Waals surface area contributed by atoms with Crippen molar-refractivity contribution in [1.29, 1.82) is 0 Å². The van der Waals surface area contributed by atoms with Gasteiger partial charge in [0, 0.05) is 19.5 Å². The van der Waals surface area contributed by atoms with Crippen LogP contribution in [-0.2, 0) is 0 Å². The number of hydrogen-bond acceptors (Lipinski definition) is 5. The second-order valence-electron chi connectivity index (χ2n) is 2.75. The van der Waals surface area contributed by atoms with Crippen LogP contribution in [0.15, 0.2) is 17.8 Å². The fourth-order valence-corrected chi connectivity index (χ4v) is 0.941. The predicted octanol–water partition coefficient (Wildman–Crippen LogP) is -0.452. The molecule has 0 fully saturated rings. The Kier molecular flexibility index (Phi) is 3.07. The average Bonchev–Trinajstić information content (AvgIpc) is 2.47. The zero-order chi connectivity index (χ0) is 8.97. The first kappa shape index (κ1) is 9.02. The molecule has 0 aromatic heterocycles. The van der Waals surface area contributed by atoms with Gasteiger partial charge in [-0.1, -0.05) is 6.08 Å². The SMILES string of the molecule is C=CC(N)CCC1=NNNN1C. The highest BCUT2D eigenvalue weighted by atomic mass is 15.8. The molecule has 68 valence electrons. The van der Waals surface area contributed by atoms with Gasteiger partial charge in [0.25, 0.3) is 0 Å². The van der Waals surface area contributed by atoms with E-state index in [0.29, 0.717) is 0 Å². The molecule has 4 N–H and O–H groups in total. The fourth-order valence-electron chi connectivity index (χ4n) is 0.941. The van der Waals surface area contributed by atoms with Gasteiger partial charge in [-0.05, 0) is 6.42 Å². The van der Waals surface area contributed by atoms with Crippen molar-refractivity contribution < 1.29 is 0 Å². The highest BCUT2D eigenvalue weighted by molar-refractivity contribution is 5.82. The third-order valence-corrected chi connectivity index (χ3v) is 1.79. The highest BCUT2D eigenvalue weighted by Crippen LogP contribution is 2.01. The maximum absolute atomic E-state index is 5.66. The highest BCUT2D eigenvalue weighted by Gasteiger charge is 2.11. The topological polar surface area (TPSA) is 65.7 Å². The summed E-state index contributed by atoms with van der Waals surface area (Å²) >= 11 is 0. The lowest BCUT2D eigenvalue weighted by Crippen LogP contribution is -2.37. The molecule has 0 radical (unpaired) electrons. The lowest BCUT2D eigenvalue weighted by atomic mass is 10.1. The quantitative estimate of drug-likeness (QED) is 0.499. The van der Waals surface area contributed by atoms with Crippen LogP contribution in [-0.4, -0.2) is 23.9 Å². The van der Waals surface area contributed by atoms with E-state index in [9.17, 15) is 0 Å². The Morgan fingerprint density at radius 2 is 2.58 bits per heavy atom. The molecule has 5 heteroatoms. The van der Waals surface area contributed by atoms with Crippen molar-refractivity contribution in [2.24, 2.45) is 10.8 Å². The molecule has 0 aromatic carbocycles. The summed E-state index contributed by atoms with van der Waals surface area (Å²) < 4.78 is 0. The largest absolute Gasteiger partial charge is 0.324 e. The van der Waals surface area contributed by atoms with E-state index in [1.165, 1.54) is 0 Å². The number of hydrazine groups is 2. The van der Waals surface area contributed by atoms with E-state index in [0.717, 1.165) is 18.7 Å². The van der Waals surface area contributed by atoms with Crippen molar-refractivity contribution in [2.75, 3.05) is 7.05 Å². The molecule has 1 atom stereocenters. The molecule has 1 rings (SSSR count). The summed E-state index contributed by atoms with van der Waals surface area (Å²) in [7, 11) is 1.90. The van der Waals surface area contributed by atoms with Crippen LogP contribution in [0.2, 0.25) is 0 Å². The van der Waals surface area contributed by atoms with E-state index < -0.39 is 0 Å². The molecule has 5 nitrogen and oxygen atoms in total. The van der Waals surface area contributed by atoms with Crippen LogP contribution in [0.4, 0.5) is 0 Å². The molecule has 0 bridgehead atoms. The van der Waals surface area contributed by atoms with Gasteiger partial charge < -0.3 is 5.73 Å². The van der Waals surface area contributed by atoms with Gasteiger partial charge in [-0.2, -0.15) is 0 Å². The molecule has 12 heavy (non-hydrogen) atoms. The summed E-state index contributed by atoms with van der Waals surface area (Å²) in [4.78, 5) is 0. The summed E-state index contributed by atoms with van der Waals surface area (Å²) in [5, 5.41) is 5.84. The average molecular weight is 169 g/mol. The molecule has 0 aromatic rings. The van der Waals surface area contributed by atoms with Gasteiger partial charge in [0.2, 0.25) is 0 Å². The summed E-state index contributed by atoms with van der Waals surface area (Å²) in [5.74, 6) is 0.965. The van der Waals surface area contributed by atoms with E-state index in [-0.39, 0.29) is 6.04 Å². The van der Waals surface area contributed by atoms with Crippen LogP contribution in [0.1, 0.15) is 12.8 Å². The maximum atomic E-state index is 5.66. The standard InChI is InChI=1S/C7H15N5/c1-3-6(8)4-5-7-9-10-11-12(7)2/h3,6,10-11H,1,4-5,8H2,2H3.